The van der Waals surface area contributed by atoms with Crippen LogP contribution in [0.1, 0.15) is 17.0 Å². The maximum atomic E-state index is 12.7. The molecule has 0 spiro atoms. The van der Waals surface area contributed by atoms with Crippen LogP contribution < -0.4 is 10.2 Å². The third kappa shape index (κ3) is 4.09. The van der Waals surface area contributed by atoms with E-state index in [1.54, 1.807) is 11.2 Å². The third-order valence-corrected chi connectivity index (χ3v) is 5.67. The zero-order chi connectivity index (χ0) is 21.3. The van der Waals surface area contributed by atoms with Crippen molar-refractivity contribution in [1.82, 2.24) is 24.6 Å². The second-order valence-electron chi connectivity index (χ2n) is 7.39. The van der Waals surface area contributed by atoms with Gasteiger partial charge in [-0.05, 0) is 44.5 Å². The number of hydrogen-bond acceptors (Lipinski definition) is 5. The Morgan fingerprint density at radius 1 is 1.03 bits per heavy atom. The summed E-state index contributed by atoms with van der Waals surface area (Å²) in [5, 5.41) is 8.09. The molecule has 0 atom stereocenters. The third-order valence-electron chi connectivity index (χ3n) is 5.26. The summed E-state index contributed by atoms with van der Waals surface area (Å²) < 4.78 is 1.82. The molecular weight excluding hydrogens is 402 g/mol. The van der Waals surface area contributed by atoms with Crippen molar-refractivity contribution in [1.29, 1.82) is 0 Å². The smallest absolute Gasteiger partial charge is 0.321 e. The van der Waals surface area contributed by atoms with Gasteiger partial charge < -0.3 is 15.1 Å². The van der Waals surface area contributed by atoms with Crippen LogP contribution in [-0.2, 0) is 0 Å². The Kier molecular flexibility index (Phi) is 5.59. The van der Waals surface area contributed by atoms with E-state index in [0.717, 1.165) is 34.3 Å². The molecule has 0 radical (unpaired) electrons. The number of hydrogen-bond donors (Lipinski definition) is 1. The molecule has 1 aromatic carbocycles. The number of urea groups is 1. The van der Waals surface area contributed by atoms with E-state index in [0.29, 0.717) is 31.2 Å². The number of anilines is 2. The highest BCUT2D eigenvalue weighted by Crippen LogP contribution is 2.23. The van der Waals surface area contributed by atoms with Gasteiger partial charge in [-0.25, -0.2) is 19.4 Å². The number of aromatic nitrogens is 4. The summed E-state index contributed by atoms with van der Waals surface area (Å²) in [5.41, 5.74) is 3.57. The van der Waals surface area contributed by atoms with E-state index in [1.807, 2.05) is 55.8 Å². The lowest BCUT2D eigenvalue weighted by Gasteiger charge is -2.35. The van der Waals surface area contributed by atoms with Crippen LogP contribution in [0.5, 0.6) is 0 Å². The van der Waals surface area contributed by atoms with Crippen molar-refractivity contribution in [3.8, 4) is 5.82 Å². The molecule has 1 N–H and O–H groups in total. The summed E-state index contributed by atoms with van der Waals surface area (Å²) in [4.78, 5) is 25.4. The molecule has 9 heteroatoms. The summed E-state index contributed by atoms with van der Waals surface area (Å²) in [6, 6.07) is 9.33. The summed E-state index contributed by atoms with van der Waals surface area (Å²) in [7, 11) is 0. The van der Waals surface area contributed by atoms with Gasteiger partial charge in [-0.2, -0.15) is 5.10 Å². The monoisotopic (exact) mass is 425 g/mol. The quantitative estimate of drug-likeness (QED) is 0.693. The van der Waals surface area contributed by atoms with Crippen LogP contribution in [0.4, 0.5) is 16.3 Å². The average molecular weight is 426 g/mol. The zero-order valence-corrected chi connectivity index (χ0v) is 18.0. The molecule has 4 rings (SSSR count). The molecule has 1 aliphatic rings. The Balaban J connectivity index is 1.41. The maximum Gasteiger partial charge on any atom is 0.321 e. The maximum absolute atomic E-state index is 12.7. The number of benzene rings is 1. The number of carbonyl (C=O) groups excluding carboxylic acids is 1. The normalized spacial score (nSPS) is 14.1. The molecule has 0 unspecified atom stereocenters. The van der Waals surface area contributed by atoms with Crippen LogP contribution in [0.2, 0.25) is 5.02 Å². The Bertz CT molecular complexity index is 1070. The number of halogens is 1. The highest BCUT2D eigenvalue weighted by Gasteiger charge is 2.23. The predicted molar refractivity (Wildman–Crippen MR) is 118 cm³/mol. The Hall–Kier alpha value is -3.13. The molecule has 1 aliphatic heterocycles. The number of carbonyl (C=O) groups is 1. The van der Waals surface area contributed by atoms with Crippen LogP contribution in [-0.4, -0.2) is 56.9 Å². The largest absolute Gasteiger partial charge is 0.353 e. The molecule has 8 nitrogen and oxygen atoms in total. The van der Waals surface area contributed by atoms with Crippen molar-refractivity contribution in [2.24, 2.45) is 0 Å². The first-order chi connectivity index (χ1) is 14.4. The molecule has 30 heavy (non-hydrogen) atoms. The van der Waals surface area contributed by atoms with Crippen LogP contribution in [0.15, 0.2) is 36.7 Å². The van der Waals surface area contributed by atoms with E-state index in [2.05, 4.69) is 25.3 Å². The first-order valence-electron chi connectivity index (χ1n) is 9.84. The standard InChI is InChI=1S/C21H24ClN7O/c1-14-11-15(2)29(26-14)20-12-19(23-13-24-20)27-7-9-28(10-8-27)21(30)25-18-6-4-5-17(22)16(18)3/h4-6,11-13H,7-10H2,1-3H3,(H,25,30). The minimum Gasteiger partial charge on any atom is -0.353 e. The van der Waals surface area contributed by atoms with Gasteiger partial charge in [-0.3, -0.25) is 0 Å². The summed E-state index contributed by atoms with van der Waals surface area (Å²) in [6.45, 7) is 8.44. The van der Waals surface area contributed by atoms with E-state index >= 15 is 0 Å². The number of nitrogens with zero attached hydrogens (tertiary/aromatic N) is 6. The Morgan fingerprint density at radius 3 is 2.47 bits per heavy atom. The molecule has 0 bridgehead atoms. The molecular formula is C21H24ClN7O. The van der Waals surface area contributed by atoms with Gasteiger partial charge in [0.2, 0.25) is 0 Å². The molecule has 0 aliphatic carbocycles. The van der Waals surface area contributed by atoms with Gasteiger partial charge >= 0.3 is 6.03 Å². The zero-order valence-electron chi connectivity index (χ0n) is 17.3. The molecule has 2 amide bonds. The van der Waals surface area contributed by atoms with Gasteiger partial charge in [0.05, 0.1) is 5.69 Å². The number of aryl methyl sites for hydroxylation is 2. The van der Waals surface area contributed by atoms with Crippen molar-refractivity contribution in [2.75, 3.05) is 36.4 Å². The highest BCUT2D eigenvalue weighted by molar-refractivity contribution is 6.31. The van der Waals surface area contributed by atoms with Crippen LogP contribution >= 0.6 is 11.6 Å². The van der Waals surface area contributed by atoms with Crippen molar-refractivity contribution >= 4 is 29.1 Å². The van der Waals surface area contributed by atoms with E-state index in [-0.39, 0.29) is 6.03 Å². The summed E-state index contributed by atoms with van der Waals surface area (Å²) in [6.07, 6.45) is 1.56. The van der Waals surface area contributed by atoms with E-state index in [1.165, 1.54) is 0 Å². The van der Waals surface area contributed by atoms with Crippen molar-refractivity contribution < 1.29 is 4.79 Å². The van der Waals surface area contributed by atoms with Crippen LogP contribution in [0.25, 0.3) is 5.82 Å². The van der Waals surface area contributed by atoms with Crippen molar-refractivity contribution in [2.45, 2.75) is 20.8 Å². The van der Waals surface area contributed by atoms with Gasteiger partial charge in [0.1, 0.15) is 12.1 Å². The molecule has 1 fully saturated rings. The fourth-order valence-electron chi connectivity index (χ4n) is 3.56. The molecule has 2 aromatic heterocycles. The van der Waals surface area contributed by atoms with Gasteiger partial charge in [0.25, 0.3) is 0 Å². The molecule has 3 heterocycles. The number of piperazine rings is 1. The van der Waals surface area contributed by atoms with E-state index < -0.39 is 0 Å². The van der Waals surface area contributed by atoms with Gasteiger partial charge in [0, 0.05) is 48.6 Å². The highest BCUT2D eigenvalue weighted by atomic mass is 35.5. The van der Waals surface area contributed by atoms with Crippen molar-refractivity contribution in [3.63, 3.8) is 0 Å². The topological polar surface area (TPSA) is 79.2 Å². The van der Waals surface area contributed by atoms with Crippen molar-refractivity contribution in [3.05, 3.63) is 58.6 Å². The lowest BCUT2D eigenvalue weighted by molar-refractivity contribution is 0.208. The Morgan fingerprint density at radius 2 is 1.77 bits per heavy atom. The van der Waals surface area contributed by atoms with Gasteiger partial charge in [-0.15, -0.1) is 0 Å². The number of rotatable bonds is 3. The lowest BCUT2D eigenvalue weighted by atomic mass is 10.2. The first-order valence-corrected chi connectivity index (χ1v) is 10.2. The molecule has 0 saturated carbocycles. The fourth-order valence-corrected chi connectivity index (χ4v) is 3.74. The van der Waals surface area contributed by atoms with Gasteiger partial charge in [-0.1, -0.05) is 17.7 Å². The first kappa shape index (κ1) is 20.2. The average Bonchev–Trinajstić information content (AvgIpc) is 3.09. The fraction of sp³-hybridized carbons (Fsp3) is 0.333. The predicted octanol–water partition coefficient (Wildman–Crippen LogP) is 3.60. The van der Waals surface area contributed by atoms with Crippen LogP contribution in [0, 0.1) is 20.8 Å². The number of nitrogens with one attached hydrogen (secondary N) is 1. The SMILES string of the molecule is Cc1cc(C)n(-c2cc(N3CCN(C(=O)Nc4cccc(Cl)c4C)CC3)ncn2)n1. The number of amides is 2. The molecule has 1 saturated heterocycles. The minimum atomic E-state index is -0.119. The molecule has 156 valence electrons. The second-order valence-corrected chi connectivity index (χ2v) is 7.80. The minimum absolute atomic E-state index is 0.119. The Labute approximate surface area is 180 Å². The summed E-state index contributed by atoms with van der Waals surface area (Å²) >= 11 is 6.15. The van der Waals surface area contributed by atoms with Crippen LogP contribution in [0.3, 0.4) is 0 Å². The summed E-state index contributed by atoms with van der Waals surface area (Å²) in [5.74, 6) is 1.57. The lowest BCUT2D eigenvalue weighted by Crippen LogP contribution is -2.50. The van der Waals surface area contributed by atoms with E-state index in [9.17, 15) is 4.79 Å². The molecule has 3 aromatic rings. The van der Waals surface area contributed by atoms with E-state index in [4.69, 9.17) is 11.6 Å². The second kappa shape index (κ2) is 8.31. The van der Waals surface area contributed by atoms with Gasteiger partial charge in [0.15, 0.2) is 5.82 Å².